The molecule has 3 rings (SSSR count). The van der Waals surface area contributed by atoms with Gasteiger partial charge in [-0.1, -0.05) is 31.2 Å². The molecule has 2 nitrogen and oxygen atoms in total. The Morgan fingerprint density at radius 2 is 1.83 bits per heavy atom. The molecule has 0 aliphatic heterocycles. The third-order valence-electron chi connectivity index (χ3n) is 4.60. The number of benzene rings is 1. The third-order valence-corrected chi connectivity index (χ3v) is 4.60. The first kappa shape index (κ1) is 12.2. The lowest BCUT2D eigenvalue weighted by atomic mass is 9.92. The maximum absolute atomic E-state index is 6.20. The minimum absolute atomic E-state index is 0.209. The normalized spacial score (nSPS) is 21.3. The molecule has 1 fully saturated rings. The van der Waals surface area contributed by atoms with E-state index in [1.54, 1.807) is 0 Å². The van der Waals surface area contributed by atoms with E-state index >= 15 is 0 Å². The molecule has 2 heteroatoms. The van der Waals surface area contributed by atoms with E-state index in [4.69, 9.17) is 5.73 Å². The number of nitrogens with zero attached hydrogens (tertiary/aromatic N) is 1. The molecule has 0 unspecified atom stereocenters. The van der Waals surface area contributed by atoms with E-state index < -0.39 is 0 Å². The van der Waals surface area contributed by atoms with Crippen molar-refractivity contribution in [3.8, 4) is 0 Å². The van der Waals surface area contributed by atoms with Crippen LogP contribution in [0.3, 0.4) is 0 Å². The van der Waals surface area contributed by atoms with Crippen molar-refractivity contribution in [1.29, 1.82) is 0 Å². The van der Waals surface area contributed by atoms with Crippen molar-refractivity contribution in [2.75, 3.05) is 13.1 Å². The van der Waals surface area contributed by atoms with Crippen molar-refractivity contribution < 1.29 is 0 Å². The van der Waals surface area contributed by atoms with Gasteiger partial charge in [-0.3, -0.25) is 4.90 Å². The Bertz CT molecular complexity index is 398. The van der Waals surface area contributed by atoms with Crippen molar-refractivity contribution in [2.45, 2.75) is 50.6 Å². The first-order chi connectivity index (χ1) is 8.79. The third kappa shape index (κ3) is 1.98. The second-order valence-corrected chi connectivity index (χ2v) is 5.98. The molecule has 2 N–H and O–H groups in total. The van der Waals surface area contributed by atoms with E-state index in [-0.39, 0.29) is 5.54 Å². The Morgan fingerprint density at radius 1 is 1.22 bits per heavy atom. The second kappa shape index (κ2) is 4.67. The number of nitrogens with two attached hydrogens (primary N) is 1. The standard InChI is InChI=1S/C16H24N2/c1-2-9-18(15-7-8-15)16(12-17)10-13-5-3-4-6-14(13)11-16/h3-6,15H,2,7-12,17H2,1H3. The van der Waals surface area contributed by atoms with Gasteiger partial charge in [0, 0.05) is 18.1 Å². The highest BCUT2D eigenvalue weighted by molar-refractivity contribution is 5.37. The Kier molecular flexibility index (Phi) is 3.16. The van der Waals surface area contributed by atoms with Crippen LogP contribution < -0.4 is 5.73 Å². The van der Waals surface area contributed by atoms with Crippen LogP contribution in [-0.2, 0) is 12.8 Å². The maximum Gasteiger partial charge on any atom is 0.0415 e. The molecule has 18 heavy (non-hydrogen) atoms. The fraction of sp³-hybridized carbons (Fsp3) is 0.625. The molecule has 0 bridgehead atoms. The highest BCUT2D eigenvalue weighted by Gasteiger charge is 2.46. The predicted molar refractivity (Wildman–Crippen MR) is 75.7 cm³/mol. The molecule has 0 amide bonds. The van der Waals surface area contributed by atoms with Gasteiger partial charge in [0.15, 0.2) is 0 Å². The van der Waals surface area contributed by atoms with Crippen LogP contribution in [0, 0.1) is 0 Å². The molecule has 1 aromatic rings. The van der Waals surface area contributed by atoms with Gasteiger partial charge >= 0.3 is 0 Å². The predicted octanol–water partition coefficient (Wildman–Crippen LogP) is 2.36. The lowest BCUT2D eigenvalue weighted by Gasteiger charge is -2.41. The molecule has 1 aromatic carbocycles. The molecular formula is C16H24N2. The molecule has 0 saturated heterocycles. The van der Waals surface area contributed by atoms with Gasteiger partial charge in [-0.15, -0.1) is 0 Å². The summed E-state index contributed by atoms with van der Waals surface area (Å²) in [5.74, 6) is 0. The summed E-state index contributed by atoms with van der Waals surface area (Å²) in [5, 5.41) is 0. The van der Waals surface area contributed by atoms with E-state index in [0.717, 1.165) is 25.4 Å². The van der Waals surface area contributed by atoms with Crippen LogP contribution in [-0.4, -0.2) is 29.6 Å². The summed E-state index contributed by atoms with van der Waals surface area (Å²) >= 11 is 0. The summed E-state index contributed by atoms with van der Waals surface area (Å²) in [5.41, 5.74) is 9.45. The van der Waals surface area contributed by atoms with Crippen LogP contribution in [0.5, 0.6) is 0 Å². The van der Waals surface area contributed by atoms with Gasteiger partial charge in [-0.25, -0.2) is 0 Å². The molecule has 98 valence electrons. The lowest BCUT2D eigenvalue weighted by molar-refractivity contribution is 0.0929. The van der Waals surface area contributed by atoms with Gasteiger partial charge in [-0.2, -0.15) is 0 Å². The minimum atomic E-state index is 0.209. The highest BCUT2D eigenvalue weighted by atomic mass is 15.3. The first-order valence-corrected chi connectivity index (χ1v) is 7.33. The van der Waals surface area contributed by atoms with Crippen molar-refractivity contribution >= 4 is 0 Å². The summed E-state index contributed by atoms with van der Waals surface area (Å²) in [6.45, 7) is 4.27. The second-order valence-electron chi connectivity index (χ2n) is 5.98. The molecule has 2 aliphatic rings. The summed E-state index contributed by atoms with van der Waals surface area (Å²) < 4.78 is 0. The highest BCUT2D eigenvalue weighted by Crippen LogP contribution is 2.40. The molecule has 2 aliphatic carbocycles. The minimum Gasteiger partial charge on any atom is -0.329 e. The van der Waals surface area contributed by atoms with E-state index in [0.29, 0.717) is 0 Å². The van der Waals surface area contributed by atoms with Gasteiger partial charge in [-0.05, 0) is 49.8 Å². The van der Waals surface area contributed by atoms with Gasteiger partial charge in [0.25, 0.3) is 0 Å². The summed E-state index contributed by atoms with van der Waals surface area (Å²) in [7, 11) is 0. The van der Waals surface area contributed by atoms with Crippen LogP contribution in [0.25, 0.3) is 0 Å². The fourth-order valence-electron chi connectivity index (χ4n) is 3.57. The molecule has 0 heterocycles. The number of hydrogen-bond donors (Lipinski definition) is 1. The monoisotopic (exact) mass is 244 g/mol. The maximum atomic E-state index is 6.20. The van der Waals surface area contributed by atoms with Crippen LogP contribution in [0.2, 0.25) is 0 Å². The number of rotatable bonds is 5. The Hall–Kier alpha value is -0.860. The largest absolute Gasteiger partial charge is 0.329 e. The molecule has 0 radical (unpaired) electrons. The van der Waals surface area contributed by atoms with E-state index in [2.05, 4.69) is 36.1 Å². The Balaban J connectivity index is 1.88. The lowest BCUT2D eigenvalue weighted by Crippen LogP contribution is -2.56. The van der Waals surface area contributed by atoms with Crippen LogP contribution in [0.4, 0.5) is 0 Å². The van der Waals surface area contributed by atoms with Crippen LogP contribution in [0.15, 0.2) is 24.3 Å². The number of fused-ring (bicyclic) bond motifs is 1. The van der Waals surface area contributed by atoms with Crippen molar-refractivity contribution in [3.63, 3.8) is 0 Å². The first-order valence-electron chi connectivity index (χ1n) is 7.33. The topological polar surface area (TPSA) is 29.3 Å². The number of hydrogen-bond acceptors (Lipinski definition) is 2. The molecule has 0 atom stereocenters. The Labute approximate surface area is 110 Å². The summed E-state index contributed by atoms with van der Waals surface area (Å²) in [4.78, 5) is 2.73. The molecule has 0 aromatic heterocycles. The SMILES string of the molecule is CCCN(C1CC1)C1(CN)Cc2ccccc2C1. The molecule has 0 spiro atoms. The van der Waals surface area contributed by atoms with Crippen LogP contribution >= 0.6 is 0 Å². The average molecular weight is 244 g/mol. The zero-order valence-corrected chi connectivity index (χ0v) is 11.4. The Morgan fingerprint density at radius 3 is 2.28 bits per heavy atom. The van der Waals surface area contributed by atoms with E-state index in [9.17, 15) is 0 Å². The smallest absolute Gasteiger partial charge is 0.0415 e. The van der Waals surface area contributed by atoms with E-state index in [1.165, 1.54) is 36.9 Å². The van der Waals surface area contributed by atoms with Gasteiger partial charge in [0.1, 0.15) is 0 Å². The fourth-order valence-corrected chi connectivity index (χ4v) is 3.57. The van der Waals surface area contributed by atoms with E-state index in [1.807, 2.05) is 0 Å². The van der Waals surface area contributed by atoms with Crippen molar-refractivity contribution in [3.05, 3.63) is 35.4 Å². The average Bonchev–Trinajstić information content (AvgIpc) is 3.15. The van der Waals surface area contributed by atoms with Crippen molar-refractivity contribution in [2.24, 2.45) is 5.73 Å². The molecule has 1 saturated carbocycles. The molecular weight excluding hydrogens is 220 g/mol. The van der Waals surface area contributed by atoms with Crippen LogP contribution in [0.1, 0.15) is 37.3 Å². The van der Waals surface area contributed by atoms with Crippen molar-refractivity contribution in [1.82, 2.24) is 4.90 Å². The van der Waals surface area contributed by atoms with Gasteiger partial charge < -0.3 is 5.73 Å². The zero-order chi connectivity index (χ0) is 12.6. The van der Waals surface area contributed by atoms with Gasteiger partial charge in [0.2, 0.25) is 0 Å². The van der Waals surface area contributed by atoms with Gasteiger partial charge in [0.05, 0.1) is 0 Å². The summed E-state index contributed by atoms with van der Waals surface area (Å²) in [6, 6.07) is 9.69. The summed E-state index contributed by atoms with van der Waals surface area (Å²) in [6.07, 6.45) is 6.27. The zero-order valence-electron chi connectivity index (χ0n) is 11.4. The quantitative estimate of drug-likeness (QED) is 0.861.